The maximum Gasteiger partial charge on any atom is 0.123 e. The monoisotopic (exact) mass is 307 g/mol. The Bertz CT molecular complexity index is 828. The molecule has 1 aromatic heterocycles. The Morgan fingerprint density at radius 2 is 1.70 bits per heavy atom. The standard InChI is InChI=1S/C19H21N3O/c1-18(2,3)19(13-23-19)17(14-9-5-4-6-10-14)22-16-12-8-7-11-15(16)20-21-22/h4-12,17H,13H2,1-3H3/t17-,19+/m1/s1. The lowest BCUT2D eigenvalue weighted by Crippen LogP contribution is -2.40. The summed E-state index contributed by atoms with van der Waals surface area (Å²) in [6, 6.07) is 18.6. The maximum atomic E-state index is 6.06. The molecule has 4 nitrogen and oxygen atoms in total. The van der Waals surface area contributed by atoms with Gasteiger partial charge in [0.05, 0.1) is 12.1 Å². The van der Waals surface area contributed by atoms with Gasteiger partial charge >= 0.3 is 0 Å². The molecule has 0 unspecified atom stereocenters. The third-order valence-corrected chi connectivity index (χ3v) is 4.90. The summed E-state index contributed by atoms with van der Waals surface area (Å²) in [5.74, 6) is 0. The number of ether oxygens (including phenoxy) is 1. The van der Waals surface area contributed by atoms with Crippen molar-refractivity contribution in [2.24, 2.45) is 5.41 Å². The molecule has 118 valence electrons. The van der Waals surface area contributed by atoms with E-state index in [0.717, 1.165) is 17.6 Å². The van der Waals surface area contributed by atoms with Crippen LogP contribution in [-0.2, 0) is 4.74 Å². The fraction of sp³-hybridized carbons (Fsp3) is 0.368. The van der Waals surface area contributed by atoms with Gasteiger partial charge in [-0.3, -0.25) is 0 Å². The van der Waals surface area contributed by atoms with Crippen LogP contribution >= 0.6 is 0 Å². The number of aromatic nitrogens is 3. The number of hydrogen-bond acceptors (Lipinski definition) is 3. The second-order valence-corrected chi connectivity index (χ2v) is 7.26. The predicted octanol–water partition coefficient (Wildman–Crippen LogP) is 3.84. The zero-order valence-electron chi connectivity index (χ0n) is 13.7. The van der Waals surface area contributed by atoms with E-state index < -0.39 is 0 Å². The van der Waals surface area contributed by atoms with Crippen LogP contribution in [0.2, 0.25) is 0 Å². The van der Waals surface area contributed by atoms with Gasteiger partial charge in [0, 0.05) is 0 Å². The van der Waals surface area contributed by atoms with Gasteiger partial charge in [0.2, 0.25) is 0 Å². The van der Waals surface area contributed by atoms with E-state index >= 15 is 0 Å². The highest BCUT2D eigenvalue weighted by Gasteiger charge is 2.61. The second kappa shape index (κ2) is 4.90. The van der Waals surface area contributed by atoms with Gasteiger partial charge in [-0.25, -0.2) is 4.68 Å². The summed E-state index contributed by atoms with van der Waals surface area (Å²) in [6.07, 6.45) is 0. The van der Waals surface area contributed by atoms with Crippen LogP contribution in [0.4, 0.5) is 0 Å². The minimum atomic E-state index is -0.259. The molecule has 1 aliphatic heterocycles. The summed E-state index contributed by atoms with van der Waals surface area (Å²) in [4.78, 5) is 0. The molecule has 2 aromatic carbocycles. The highest BCUT2D eigenvalue weighted by atomic mass is 16.6. The summed E-state index contributed by atoms with van der Waals surface area (Å²) < 4.78 is 8.09. The number of benzene rings is 2. The first kappa shape index (κ1) is 14.4. The molecule has 3 aromatic rings. The molecule has 4 heteroatoms. The van der Waals surface area contributed by atoms with Crippen molar-refractivity contribution in [3.05, 3.63) is 60.2 Å². The summed E-state index contributed by atoms with van der Waals surface area (Å²) >= 11 is 0. The maximum absolute atomic E-state index is 6.06. The number of nitrogens with zero attached hydrogens (tertiary/aromatic N) is 3. The van der Waals surface area contributed by atoms with Gasteiger partial charge in [-0.1, -0.05) is 68.4 Å². The predicted molar refractivity (Wildman–Crippen MR) is 90.2 cm³/mol. The lowest BCUT2D eigenvalue weighted by molar-refractivity contribution is 0.108. The Balaban J connectivity index is 1.94. The first-order chi connectivity index (χ1) is 11.0. The molecule has 1 saturated heterocycles. The SMILES string of the molecule is CC(C)(C)[C@@]1([C@@H](c2ccccc2)n2nnc3ccccc32)CO1. The van der Waals surface area contributed by atoms with E-state index in [1.54, 1.807) is 0 Å². The molecule has 1 fully saturated rings. The van der Waals surface area contributed by atoms with Crippen LogP contribution in [0.1, 0.15) is 32.4 Å². The van der Waals surface area contributed by atoms with Crippen LogP contribution in [0.15, 0.2) is 54.6 Å². The average Bonchev–Trinajstić information content (AvgIpc) is 3.24. The van der Waals surface area contributed by atoms with E-state index in [-0.39, 0.29) is 17.1 Å². The zero-order chi connectivity index (χ0) is 16.1. The second-order valence-electron chi connectivity index (χ2n) is 7.26. The van der Waals surface area contributed by atoms with E-state index in [4.69, 9.17) is 4.74 Å². The normalized spacial score (nSPS) is 22.2. The molecule has 0 amide bonds. The van der Waals surface area contributed by atoms with Crippen LogP contribution in [0.25, 0.3) is 11.0 Å². The highest BCUT2D eigenvalue weighted by molar-refractivity contribution is 5.74. The van der Waals surface area contributed by atoms with Crippen LogP contribution in [0.5, 0.6) is 0 Å². The van der Waals surface area contributed by atoms with E-state index in [1.807, 2.05) is 28.9 Å². The number of rotatable bonds is 3. The summed E-state index contributed by atoms with van der Waals surface area (Å²) in [5.41, 5.74) is 2.90. The first-order valence-electron chi connectivity index (χ1n) is 8.02. The van der Waals surface area contributed by atoms with E-state index in [0.29, 0.717) is 0 Å². The van der Waals surface area contributed by atoms with Crippen molar-refractivity contribution in [2.75, 3.05) is 6.61 Å². The van der Waals surface area contributed by atoms with Gasteiger partial charge in [0.1, 0.15) is 17.2 Å². The number of fused-ring (bicyclic) bond motifs is 1. The highest BCUT2D eigenvalue weighted by Crippen LogP contribution is 2.54. The van der Waals surface area contributed by atoms with Gasteiger partial charge in [-0.15, -0.1) is 5.10 Å². The van der Waals surface area contributed by atoms with Crippen molar-refractivity contribution in [1.82, 2.24) is 15.0 Å². The van der Waals surface area contributed by atoms with Gasteiger partial charge in [-0.2, -0.15) is 0 Å². The van der Waals surface area contributed by atoms with E-state index in [9.17, 15) is 0 Å². The van der Waals surface area contributed by atoms with Crippen molar-refractivity contribution in [3.63, 3.8) is 0 Å². The number of hydrogen-bond donors (Lipinski definition) is 0. The van der Waals surface area contributed by atoms with Gasteiger partial charge in [-0.05, 0) is 23.1 Å². The van der Waals surface area contributed by atoms with Gasteiger partial charge < -0.3 is 4.74 Å². The molecule has 4 rings (SSSR count). The quantitative estimate of drug-likeness (QED) is 0.691. The van der Waals surface area contributed by atoms with E-state index in [1.165, 1.54) is 5.56 Å². The molecule has 23 heavy (non-hydrogen) atoms. The Morgan fingerprint density at radius 3 is 2.35 bits per heavy atom. The molecular weight excluding hydrogens is 286 g/mol. The molecule has 2 atom stereocenters. The number of epoxide rings is 1. The molecule has 0 spiro atoms. The van der Waals surface area contributed by atoms with Crippen molar-refractivity contribution >= 4 is 11.0 Å². The third-order valence-electron chi connectivity index (χ3n) is 4.90. The molecule has 2 heterocycles. The minimum Gasteiger partial charge on any atom is -0.366 e. The molecule has 0 aliphatic carbocycles. The smallest absolute Gasteiger partial charge is 0.123 e. The fourth-order valence-corrected chi connectivity index (χ4v) is 3.40. The molecule has 0 radical (unpaired) electrons. The molecule has 0 bridgehead atoms. The van der Waals surface area contributed by atoms with Crippen molar-refractivity contribution in [2.45, 2.75) is 32.4 Å². The molecule has 0 N–H and O–H groups in total. The Morgan fingerprint density at radius 1 is 1.04 bits per heavy atom. The summed E-state index contributed by atoms with van der Waals surface area (Å²) in [6.45, 7) is 7.43. The molecule has 0 saturated carbocycles. The van der Waals surface area contributed by atoms with Gasteiger partial charge in [0.25, 0.3) is 0 Å². The van der Waals surface area contributed by atoms with E-state index in [2.05, 4.69) is 61.4 Å². The van der Waals surface area contributed by atoms with Crippen LogP contribution in [0.3, 0.4) is 0 Å². The first-order valence-corrected chi connectivity index (χ1v) is 8.02. The number of para-hydroxylation sites is 1. The van der Waals surface area contributed by atoms with Crippen LogP contribution in [-0.4, -0.2) is 27.2 Å². The summed E-state index contributed by atoms with van der Waals surface area (Å²) in [7, 11) is 0. The van der Waals surface area contributed by atoms with Crippen LogP contribution in [0, 0.1) is 5.41 Å². The topological polar surface area (TPSA) is 43.2 Å². The van der Waals surface area contributed by atoms with Crippen molar-refractivity contribution in [3.8, 4) is 0 Å². The Kier molecular flexibility index (Phi) is 3.07. The minimum absolute atomic E-state index is 0.000557. The molecular formula is C19H21N3O. The lowest BCUT2D eigenvalue weighted by Gasteiger charge is -2.35. The lowest BCUT2D eigenvalue weighted by atomic mass is 9.74. The Hall–Kier alpha value is -2.20. The van der Waals surface area contributed by atoms with Gasteiger partial charge in [0.15, 0.2) is 0 Å². The van der Waals surface area contributed by atoms with Crippen LogP contribution < -0.4 is 0 Å². The Labute approximate surface area is 136 Å². The summed E-state index contributed by atoms with van der Waals surface area (Å²) in [5, 5.41) is 8.82. The van der Waals surface area contributed by atoms with Crippen molar-refractivity contribution < 1.29 is 4.74 Å². The average molecular weight is 307 g/mol. The fourth-order valence-electron chi connectivity index (χ4n) is 3.40. The van der Waals surface area contributed by atoms with Crippen molar-refractivity contribution in [1.29, 1.82) is 0 Å². The third kappa shape index (κ3) is 2.17. The molecule has 1 aliphatic rings. The zero-order valence-corrected chi connectivity index (χ0v) is 13.7. The largest absolute Gasteiger partial charge is 0.366 e.